The van der Waals surface area contributed by atoms with E-state index in [0.29, 0.717) is 22.8 Å². The number of hydrogen-bond acceptors (Lipinski definition) is 3. The van der Waals surface area contributed by atoms with Gasteiger partial charge in [0.25, 0.3) is 0 Å². The van der Waals surface area contributed by atoms with E-state index in [-0.39, 0.29) is 0 Å². The molecule has 0 atom stereocenters. The topological polar surface area (TPSA) is 61.8 Å². The highest BCUT2D eigenvalue weighted by Crippen LogP contribution is 2.21. The second kappa shape index (κ2) is 5.44. The zero-order valence-electron chi connectivity index (χ0n) is 9.65. The number of nitrogens with zero attached hydrogens (tertiary/aromatic N) is 1. The molecule has 18 heavy (non-hydrogen) atoms. The maximum atomic E-state index is 8.84. The Morgan fingerprint density at radius 2 is 2.06 bits per heavy atom. The summed E-state index contributed by atoms with van der Waals surface area (Å²) in [6, 6.07) is 14.8. The molecule has 3 nitrogen and oxygen atoms in total. The molecule has 4 heteroatoms. The number of nitriles is 1. The molecule has 0 unspecified atom stereocenters. The van der Waals surface area contributed by atoms with Crippen LogP contribution >= 0.6 is 11.6 Å². The van der Waals surface area contributed by atoms with Crippen LogP contribution in [-0.2, 0) is 6.54 Å². The van der Waals surface area contributed by atoms with Crippen molar-refractivity contribution in [2.24, 2.45) is 0 Å². The van der Waals surface area contributed by atoms with Gasteiger partial charge in [0.1, 0.15) is 0 Å². The first kappa shape index (κ1) is 12.3. The third-order valence-electron chi connectivity index (χ3n) is 2.55. The Labute approximate surface area is 111 Å². The van der Waals surface area contributed by atoms with Crippen molar-refractivity contribution in [1.29, 1.82) is 5.26 Å². The molecule has 0 radical (unpaired) electrons. The van der Waals surface area contributed by atoms with Crippen LogP contribution in [0.5, 0.6) is 0 Å². The van der Waals surface area contributed by atoms with Crippen LogP contribution < -0.4 is 11.1 Å². The molecule has 90 valence electrons. The average Bonchev–Trinajstić information content (AvgIpc) is 2.38. The van der Waals surface area contributed by atoms with Gasteiger partial charge in [0.15, 0.2) is 0 Å². The second-order valence-corrected chi connectivity index (χ2v) is 4.33. The van der Waals surface area contributed by atoms with Crippen LogP contribution in [0.15, 0.2) is 42.5 Å². The number of benzene rings is 2. The van der Waals surface area contributed by atoms with Gasteiger partial charge in [-0.2, -0.15) is 5.26 Å². The zero-order valence-corrected chi connectivity index (χ0v) is 10.4. The number of hydrogen-bond donors (Lipinski definition) is 2. The minimum Gasteiger partial charge on any atom is -0.397 e. The normalized spacial score (nSPS) is 9.78. The minimum atomic E-state index is 0.581. The monoisotopic (exact) mass is 257 g/mol. The first-order chi connectivity index (χ1) is 8.69. The molecule has 2 aromatic carbocycles. The predicted molar refractivity (Wildman–Crippen MR) is 74.3 cm³/mol. The average molecular weight is 258 g/mol. The highest BCUT2D eigenvalue weighted by molar-refractivity contribution is 6.30. The number of nitrogens with two attached hydrogens (primary N) is 1. The van der Waals surface area contributed by atoms with E-state index >= 15 is 0 Å². The van der Waals surface area contributed by atoms with Gasteiger partial charge >= 0.3 is 0 Å². The number of halogens is 1. The van der Waals surface area contributed by atoms with Crippen LogP contribution in [-0.4, -0.2) is 0 Å². The summed E-state index contributed by atoms with van der Waals surface area (Å²) >= 11 is 5.91. The van der Waals surface area contributed by atoms with E-state index in [1.165, 1.54) is 0 Å². The summed E-state index contributed by atoms with van der Waals surface area (Å²) in [5.74, 6) is 0. The van der Waals surface area contributed by atoms with Gasteiger partial charge in [-0.05, 0) is 35.9 Å². The van der Waals surface area contributed by atoms with Crippen LogP contribution in [0, 0.1) is 11.3 Å². The van der Waals surface area contributed by atoms with Crippen LogP contribution in [0.1, 0.15) is 11.1 Å². The van der Waals surface area contributed by atoms with E-state index in [2.05, 4.69) is 11.4 Å². The summed E-state index contributed by atoms with van der Waals surface area (Å²) in [5, 5.41) is 12.7. The number of anilines is 2. The van der Waals surface area contributed by atoms with Gasteiger partial charge in [-0.1, -0.05) is 23.7 Å². The van der Waals surface area contributed by atoms with Crippen LogP contribution in [0.2, 0.25) is 5.02 Å². The fraction of sp³-hybridized carbons (Fsp3) is 0.0714. The molecule has 0 aliphatic heterocycles. The van der Waals surface area contributed by atoms with E-state index < -0.39 is 0 Å². The molecular formula is C14H12ClN3. The lowest BCUT2D eigenvalue weighted by molar-refractivity contribution is 1.15. The predicted octanol–water partition coefficient (Wildman–Crippen LogP) is 3.41. The summed E-state index contributed by atoms with van der Waals surface area (Å²) in [7, 11) is 0. The lowest BCUT2D eigenvalue weighted by Crippen LogP contribution is -2.02. The Balaban J connectivity index is 2.13. The molecule has 2 rings (SSSR count). The molecule has 0 heterocycles. The Kier molecular flexibility index (Phi) is 3.71. The molecular weight excluding hydrogens is 246 g/mol. The smallest absolute Gasteiger partial charge is 0.0992 e. The number of nitrogens with one attached hydrogen (secondary N) is 1. The van der Waals surface area contributed by atoms with Gasteiger partial charge in [0.2, 0.25) is 0 Å². The molecule has 0 aliphatic rings. The molecule has 0 saturated heterocycles. The fourth-order valence-electron chi connectivity index (χ4n) is 1.62. The van der Waals surface area contributed by atoms with E-state index in [9.17, 15) is 0 Å². The van der Waals surface area contributed by atoms with E-state index in [0.717, 1.165) is 11.3 Å². The fourth-order valence-corrected chi connectivity index (χ4v) is 1.84. The van der Waals surface area contributed by atoms with Crippen LogP contribution in [0.25, 0.3) is 0 Å². The summed E-state index contributed by atoms with van der Waals surface area (Å²) in [4.78, 5) is 0. The van der Waals surface area contributed by atoms with Crippen molar-refractivity contribution < 1.29 is 0 Å². The maximum Gasteiger partial charge on any atom is 0.0992 e. The Hall–Kier alpha value is -2.18. The lowest BCUT2D eigenvalue weighted by Gasteiger charge is -2.09. The van der Waals surface area contributed by atoms with Gasteiger partial charge in [0.05, 0.1) is 23.0 Å². The molecule has 0 fully saturated rings. The Morgan fingerprint density at radius 1 is 1.22 bits per heavy atom. The van der Waals surface area contributed by atoms with Gasteiger partial charge in [-0.3, -0.25) is 0 Å². The first-order valence-corrected chi connectivity index (χ1v) is 5.85. The number of rotatable bonds is 3. The van der Waals surface area contributed by atoms with Crippen molar-refractivity contribution >= 4 is 23.0 Å². The second-order valence-electron chi connectivity index (χ2n) is 3.90. The van der Waals surface area contributed by atoms with E-state index in [4.69, 9.17) is 22.6 Å². The quantitative estimate of drug-likeness (QED) is 0.829. The Bertz CT molecular complexity index is 602. The van der Waals surface area contributed by atoms with Crippen molar-refractivity contribution in [2.45, 2.75) is 6.54 Å². The molecule has 0 amide bonds. The van der Waals surface area contributed by atoms with E-state index in [1.807, 2.05) is 24.3 Å². The zero-order chi connectivity index (χ0) is 13.0. The largest absolute Gasteiger partial charge is 0.397 e. The highest BCUT2D eigenvalue weighted by Gasteiger charge is 2.01. The van der Waals surface area contributed by atoms with Gasteiger partial charge in [-0.15, -0.1) is 0 Å². The summed E-state index contributed by atoms with van der Waals surface area (Å²) < 4.78 is 0. The van der Waals surface area contributed by atoms with Crippen molar-refractivity contribution in [2.75, 3.05) is 11.1 Å². The van der Waals surface area contributed by atoms with Crippen molar-refractivity contribution in [3.05, 3.63) is 58.6 Å². The van der Waals surface area contributed by atoms with Crippen LogP contribution in [0.3, 0.4) is 0 Å². The van der Waals surface area contributed by atoms with Crippen molar-refractivity contribution in [3.63, 3.8) is 0 Å². The molecule has 3 N–H and O–H groups in total. The van der Waals surface area contributed by atoms with Gasteiger partial charge in [-0.25, -0.2) is 0 Å². The molecule has 0 bridgehead atoms. The molecule has 0 aliphatic carbocycles. The van der Waals surface area contributed by atoms with E-state index in [1.54, 1.807) is 18.2 Å². The van der Waals surface area contributed by atoms with Gasteiger partial charge < -0.3 is 11.1 Å². The summed E-state index contributed by atoms with van der Waals surface area (Å²) in [6.07, 6.45) is 0. The van der Waals surface area contributed by atoms with Crippen molar-refractivity contribution in [3.8, 4) is 6.07 Å². The molecule has 2 aromatic rings. The third-order valence-corrected chi connectivity index (χ3v) is 2.79. The summed E-state index contributed by atoms with van der Waals surface area (Å²) in [6.45, 7) is 0.611. The SMILES string of the molecule is N#Cc1ccc(N)c(NCc2cccc(Cl)c2)c1. The third kappa shape index (κ3) is 2.93. The number of nitrogen functional groups attached to an aromatic ring is 1. The highest BCUT2D eigenvalue weighted by atomic mass is 35.5. The first-order valence-electron chi connectivity index (χ1n) is 5.47. The van der Waals surface area contributed by atoms with Crippen LogP contribution in [0.4, 0.5) is 11.4 Å². The molecule has 0 saturated carbocycles. The standard InChI is InChI=1S/C14H12ClN3/c15-12-3-1-2-11(6-12)9-18-14-7-10(8-16)4-5-13(14)17/h1-7,18H,9,17H2. The minimum absolute atomic E-state index is 0.581. The molecule has 0 spiro atoms. The maximum absolute atomic E-state index is 8.84. The lowest BCUT2D eigenvalue weighted by atomic mass is 10.1. The summed E-state index contributed by atoms with van der Waals surface area (Å²) in [5.41, 5.74) is 8.86. The van der Waals surface area contributed by atoms with Gasteiger partial charge in [0, 0.05) is 11.6 Å². The molecule has 0 aromatic heterocycles. The Morgan fingerprint density at radius 3 is 2.78 bits per heavy atom. The van der Waals surface area contributed by atoms with Crippen molar-refractivity contribution in [1.82, 2.24) is 0 Å².